The SMILES string of the molecule is CC(C)c1nc(CF)nn1C. The van der Waals surface area contributed by atoms with Crippen molar-refractivity contribution in [1.29, 1.82) is 0 Å². The van der Waals surface area contributed by atoms with Crippen molar-refractivity contribution in [2.75, 3.05) is 0 Å². The topological polar surface area (TPSA) is 30.7 Å². The third-order valence-corrected chi connectivity index (χ3v) is 1.48. The maximum absolute atomic E-state index is 12.0. The van der Waals surface area contributed by atoms with Gasteiger partial charge in [-0.1, -0.05) is 13.8 Å². The quantitative estimate of drug-likeness (QED) is 0.649. The fourth-order valence-corrected chi connectivity index (χ4v) is 1.01. The molecule has 0 saturated carbocycles. The molecule has 1 rings (SSSR count). The van der Waals surface area contributed by atoms with Gasteiger partial charge in [0.2, 0.25) is 0 Å². The molecule has 0 aliphatic rings. The molecule has 1 heterocycles. The number of rotatable bonds is 2. The van der Waals surface area contributed by atoms with Gasteiger partial charge in [-0.25, -0.2) is 9.37 Å². The average Bonchev–Trinajstić information content (AvgIpc) is 2.30. The maximum Gasteiger partial charge on any atom is 0.181 e. The molecule has 0 atom stereocenters. The lowest BCUT2D eigenvalue weighted by atomic mass is 10.2. The summed E-state index contributed by atoms with van der Waals surface area (Å²) in [6, 6.07) is 0. The first-order valence-corrected chi connectivity index (χ1v) is 3.61. The lowest BCUT2D eigenvalue weighted by Crippen LogP contribution is -2.00. The predicted octanol–water partition coefficient (Wildman–Crippen LogP) is 1.41. The van der Waals surface area contributed by atoms with Crippen molar-refractivity contribution in [2.45, 2.75) is 26.4 Å². The van der Waals surface area contributed by atoms with E-state index in [0.29, 0.717) is 5.92 Å². The highest BCUT2D eigenvalue weighted by molar-refractivity contribution is 4.96. The number of hydrogen-bond acceptors (Lipinski definition) is 2. The van der Waals surface area contributed by atoms with Gasteiger partial charge in [0.15, 0.2) is 12.5 Å². The van der Waals surface area contributed by atoms with Gasteiger partial charge in [0.05, 0.1) is 0 Å². The fraction of sp³-hybridized carbons (Fsp3) is 0.714. The van der Waals surface area contributed by atoms with Gasteiger partial charge in [-0.05, 0) is 0 Å². The van der Waals surface area contributed by atoms with Crippen molar-refractivity contribution in [3.8, 4) is 0 Å². The van der Waals surface area contributed by atoms with Crippen LogP contribution in [-0.4, -0.2) is 14.8 Å². The first-order valence-electron chi connectivity index (χ1n) is 3.61. The molecule has 0 amide bonds. The van der Waals surface area contributed by atoms with Crippen molar-refractivity contribution in [3.63, 3.8) is 0 Å². The van der Waals surface area contributed by atoms with Crippen molar-refractivity contribution in [3.05, 3.63) is 11.6 Å². The summed E-state index contributed by atoms with van der Waals surface area (Å²) in [5.74, 6) is 1.40. The van der Waals surface area contributed by atoms with E-state index in [1.54, 1.807) is 11.7 Å². The third kappa shape index (κ3) is 1.56. The Morgan fingerprint density at radius 1 is 1.55 bits per heavy atom. The van der Waals surface area contributed by atoms with E-state index in [1.807, 2.05) is 13.8 Å². The van der Waals surface area contributed by atoms with Crippen LogP contribution in [0, 0.1) is 0 Å². The minimum Gasteiger partial charge on any atom is -0.253 e. The van der Waals surface area contributed by atoms with Crippen LogP contribution in [0.5, 0.6) is 0 Å². The molecule has 1 aromatic heterocycles. The van der Waals surface area contributed by atoms with Gasteiger partial charge in [0.1, 0.15) is 5.82 Å². The molecule has 11 heavy (non-hydrogen) atoms. The molecule has 4 heteroatoms. The Labute approximate surface area is 65.2 Å². The summed E-state index contributed by atoms with van der Waals surface area (Å²) >= 11 is 0. The Morgan fingerprint density at radius 3 is 2.45 bits per heavy atom. The van der Waals surface area contributed by atoms with Crippen molar-refractivity contribution < 1.29 is 4.39 Å². The number of halogens is 1. The van der Waals surface area contributed by atoms with E-state index >= 15 is 0 Å². The lowest BCUT2D eigenvalue weighted by Gasteiger charge is -2.00. The molecule has 0 bridgehead atoms. The molecule has 62 valence electrons. The molecule has 0 spiro atoms. The summed E-state index contributed by atoms with van der Waals surface area (Å²) in [7, 11) is 1.78. The Kier molecular flexibility index (Phi) is 2.22. The van der Waals surface area contributed by atoms with Crippen LogP contribution in [0.25, 0.3) is 0 Å². The third-order valence-electron chi connectivity index (χ3n) is 1.48. The fourth-order valence-electron chi connectivity index (χ4n) is 1.01. The number of aromatic nitrogens is 3. The summed E-state index contributed by atoms with van der Waals surface area (Å²) in [5, 5.41) is 3.88. The second-order valence-electron chi connectivity index (χ2n) is 2.80. The first-order chi connectivity index (χ1) is 5.15. The molecule has 0 fully saturated rings. The maximum atomic E-state index is 12.0. The van der Waals surface area contributed by atoms with E-state index in [1.165, 1.54) is 0 Å². The van der Waals surface area contributed by atoms with E-state index in [4.69, 9.17) is 0 Å². The van der Waals surface area contributed by atoms with Crippen LogP contribution in [0.15, 0.2) is 0 Å². The van der Waals surface area contributed by atoms with Crippen LogP contribution < -0.4 is 0 Å². The first kappa shape index (κ1) is 8.17. The molecule has 0 saturated heterocycles. The molecule has 0 unspecified atom stereocenters. The molecule has 0 N–H and O–H groups in total. The van der Waals surface area contributed by atoms with E-state index in [-0.39, 0.29) is 5.82 Å². The zero-order valence-electron chi connectivity index (χ0n) is 7.00. The number of hydrogen-bond donors (Lipinski definition) is 0. The molecular weight excluding hydrogens is 145 g/mol. The van der Waals surface area contributed by atoms with Gasteiger partial charge in [-0.2, -0.15) is 5.10 Å². The van der Waals surface area contributed by atoms with Crippen LogP contribution in [-0.2, 0) is 13.7 Å². The zero-order chi connectivity index (χ0) is 8.43. The number of aryl methyl sites for hydroxylation is 1. The van der Waals surface area contributed by atoms with E-state index < -0.39 is 6.67 Å². The van der Waals surface area contributed by atoms with Crippen molar-refractivity contribution in [1.82, 2.24) is 14.8 Å². The minimum absolute atomic E-state index is 0.274. The highest BCUT2D eigenvalue weighted by atomic mass is 19.1. The second-order valence-corrected chi connectivity index (χ2v) is 2.80. The van der Waals surface area contributed by atoms with Crippen molar-refractivity contribution in [2.24, 2.45) is 7.05 Å². The van der Waals surface area contributed by atoms with E-state index in [9.17, 15) is 4.39 Å². The molecule has 0 radical (unpaired) electrons. The summed E-state index contributed by atoms with van der Waals surface area (Å²) < 4.78 is 13.7. The Balaban J connectivity index is 2.97. The number of alkyl halides is 1. The number of nitrogens with zero attached hydrogens (tertiary/aromatic N) is 3. The highest BCUT2D eigenvalue weighted by Gasteiger charge is 2.09. The molecular formula is C7H12FN3. The summed E-state index contributed by atoms with van der Waals surface area (Å²) in [5.41, 5.74) is 0. The van der Waals surface area contributed by atoms with Crippen LogP contribution >= 0.6 is 0 Å². The average molecular weight is 157 g/mol. The molecule has 0 aliphatic heterocycles. The summed E-state index contributed by atoms with van der Waals surface area (Å²) in [6.45, 7) is 3.43. The largest absolute Gasteiger partial charge is 0.253 e. The van der Waals surface area contributed by atoms with Crippen LogP contribution in [0.1, 0.15) is 31.4 Å². The molecule has 0 aliphatic carbocycles. The Hall–Kier alpha value is -0.930. The molecule has 3 nitrogen and oxygen atoms in total. The van der Waals surface area contributed by atoms with Gasteiger partial charge in [-0.3, -0.25) is 4.68 Å². The molecule has 1 aromatic rings. The van der Waals surface area contributed by atoms with Gasteiger partial charge in [0.25, 0.3) is 0 Å². The van der Waals surface area contributed by atoms with Gasteiger partial charge >= 0.3 is 0 Å². The monoisotopic (exact) mass is 157 g/mol. The second kappa shape index (κ2) is 2.98. The summed E-state index contributed by atoms with van der Waals surface area (Å²) in [4.78, 5) is 4.00. The van der Waals surface area contributed by atoms with Crippen LogP contribution in [0.2, 0.25) is 0 Å². The standard InChI is InChI=1S/C7H12FN3/c1-5(2)7-9-6(4-8)10-11(7)3/h5H,4H2,1-3H3. The van der Waals surface area contributed by atoms with Crippen molar-refractivity contribution >= 4 is 0 Å². The lowest BCUT2D eigenvalue weighted by molar-refractivity contribution is 0.463. The smallest absolute Gasteiger partial charge is 0.181 e. The van der Waals surface area contributed by atoms with Gasteiger partial charge < -0.3 is 0 Å². The Morgan fingerprint density at radius 2 is 2.18 bits per heavy atom. The van der Waals surface area contributed by atoms with Gasteiger partial charge in [-0.15, -0.1) is 0 Å². The van der Waals surface area contributed by atoms with E-state index in [0.717, 1.165) is 5.82 Å². The Bertz CT molecular complexity index is 242. The minimum atomic E-state index is -0.583. The van der Waals surface area contributed by atoms with E-state index in [2.05, 4.69) is 10.1 Å². The predicted molar refractivity (Wildman–Crippen MR) is 39.9 cm³/mol. The zero-order valence-corrected chi connectivity index (χ0v) is 7.00. The normalized spacial score (nSPS) is 11.0. The molecule has 0 aromatic carbocycles. The van der Waals surface area contributed by atoms with Crippen LogP contribution in [0.4, 0.5) is 4.39 Å². The van der Waals surface area contributed by atoms with Crippen LogP contribution in [0.3, 0.4) is 0 Å². The van der Waals surface area contributed by atoms with Gasteiger partial charge in [0, 0.05) is 13.0 Å². The summed E-state index contributed by atoms with van der Waals surface area (Å²) in [6.07, 6.45) is 0. The highest BCUT2D eigenvalue weighted by Crippen LogP contribution is 2.10.